The van der Waals surface area contributed by atoms with Crippen LogP contribution >= 0.6 is 11.8 Å². The van der Waals surface area contributed by atoms with Crippen LogP contribution in [0.1, 0.15) is 22.8 Å². The van der Waals surface area contributed by atoms with Gasteiger partial charge in [-0.05, 0) is 25.3 Å². The molecule has 20 heavy (non-hydrogen) atoms. The van der Waals surface area contributed by atoms with Gasteiger partial charge < -0.3 is 5.11 Å². The predicted molar refractivity (Wildman–Crippen MR) is 76.3 cm³/mol. The molecule has 0 heterocycles. The predicted octanol–water partition coefficient (Wildman–Crippen LogP) is 1.86. The summed E-state index contributed by atoms with van der Waals surface area (Å²) >= 11 is 1.48. The van der Waals surface area contributed by atoms with Crippen molar-refractivity contribution in [3.8, 4) is 0 Å². The fraction of sp³-hybridized carbons (Fsp3) is 0.417. The van der Waals surface area contributed by atoms with Gasteiger partial charge in [-0.25, -0.2) is 22.3 Å². The van der Waals surface area contributed by atoms with E-state index in [-0.39, 0.29) is 22.3 Å². The zero-order valence-corrected chi connectivity index (χ0v) is 12.9. The van der Waals surface area contributed by atoms with Gasteiger partial charge in [-0.3, -0.25) is 0 Å². The minimum absolute atomic E-state index is 0.0533. The van der Waals surface area contributed by atoms with E-state index in [0.717, 1.165) is 12.1 Å². The van der Waals surface area contributed by atoms with Crippen molar-refractivity contribution < 1.29 is 22.7 Å². The molecule has 0 saturated carbocycles. The lowest BCUT2D eigenvalue weighted by Crippen LogP contribution is -2.30. The molecular formula is C12H16FNO4S2. The number of rotatable bonds is 6. The molecule has 1 atom stereocenters. The first-order valence-corrected chi connectivity index (χ1v) is 8.52. The van der Waals surface area contributed by atoms with Crippen LogP contribution in [-0.2, 0) is 10.0 Å². The van der Waals surface area contributed by atoms with Crippen LogP contribution in [0.4, 0.5) is 4.39 Å². The molecule has 0 aliphatic rings. The second kappa shape index (κ2) is 6.55. The minimum atomic E-state index is -3.94. The third-order valence-corrected chi connectivity index (χ3v) is 5.32. The van der Waals surface area contributed by atoms with Gasteiger partial charge >= 0.3 is 5.97 Å². The number of carbonyl (C=O) groups is 1. The zero-order valence-electron chi connectivity index (χ0n) is 11.3. The smallest absolute Gasteiger partial charge is 0.335 e. The number of hydrogen-bond acceptors (Lipinski definition) is 4. The van der Waals surface area contributed by atoms with E-state index in [0.29, 0.717) is 0 Å². The standard InChI is InChI=1S/C12H16FNO4S2/c1-7(19-3)6-14-20(17,18)11-5-9(12(15)16)4-10(13)8(11)2/h4-5,7,14H,6H2,1-3H3,(H,15,16). The molecule has 0 spiro atoms. The summed E-state index contributed by atoms with van der Waals surface area (Å²) in [5, 5.41) is 8.91. The maximum Gasteiger partial charge on any atom is 0.335 e. The molecule has 0 aliphatic carbocycles. The zero-order chi connectivity index (χ0) is 15.5. The van der Waals surface area contributed by atoms with Gasteiger partial charge in [0.05, 0.1) is 10.5 Å². The van der Waals surface area contributed by atoms with Gasteiger partial charge in [0.2, 0.25) is 10.0 Å². The van der Waals surface area contributed by atoms with E-state index in [2.05, 4.69) is 4.72 Å². The van der Waals surface area contributed by atoms with Gasteiger partial charge in [-0.1, -0.05) is 6.92 Å². The maximum absolute atomic E-state index is 13.6. The number of carboxylic acid groups (broad SMARTS) is 1. The van der Waals surface area contributed by atoms with E-state index < -0.39 is 27.4 Å². The summed E-state index contributed by atoms with van der Waals surface area (Å²) < 4.78 is 40.2. The Hall–Kier alpha value is -1.12. The third-order valence-electron chi connectivity index (χ3n) is 2.80. The molecule has 1 unspecified atom stereocenters. The first-order valence-electron chi connectivity index (χ1n) is 5.75. The minimum Gasteiger partial charge on any atom is -0.478 e. The Morgan fingerprint density at radius 1 is 1.50 bits per heavy atom. The van der Waals surface area contributed by atoms with Crippen LogP contribution in [0.2, 0.25) is 0 Å². The average molecular weight is 321 g/mol. The highest BCUT2D eigenvalue weighted by molar-refractivity contribution is 7.99. The third kappa shape index (κ3) is 3.94. The van der Waals surface area contributed by atoms with Crippen molar-refractivity contribution >= 4 is 27.8 Å². The summed E-state index contributed by atoms with van der Waals surface area (Å²) in [5.74, 6) is -2.24. The highest BCUT2D eigenvalue weighted by Gasteiger charge is 2.22. The molecule has 1 aromatic rings. The summed E-state index contributed by atoms with van der Waals surface area (Å²) in [7, 11) is -3.94. The molecule has 0 aromatic heterocycles. The summed E-state index contributed by atoms with van der Waals surface area (Å²) in [6.45, 7) is 3.32. The molecule has 112 valence electrons. The van der Waals surface area contributed by atoms with E-state index >= 15 is 0 Å². The number of benzene rings is 1. The number of hydrogen-bond donors (Lipinski definition) is 2. The number of aromatic carboxylic acids is 1. The second-order valence-corrected chi connectivity index (χ2v) is 7.30. The van der Waals surface area contributed by atoms with E-state index in [1.807, 2.05) is 13.2 Å². The molecule has 2 N–H and O–H groups in total. The van der Waals surface area contributed by atoms with E-state index in [9.17, 15) is 17.6 Å². The number of sulfonamides is 1. The highest BCUT2D eigenvalue weighted by atomic mass is 32.2. The van der Waals surface area contributed by atoms with E-state index in [1.54, 1.807) is 0 Å². The first kappa shape index (κ1) is 16.9. The van der Waals surface area contributed by atoms with Gasteiger partial charge in [0.25, 0.3) is 0 Å². The van der Waals surface area contributed by atoms with Crippen molar-refractivity contribution in [2.45, 2.75) is 24.0 Å². The van der Waals surface area contributed by atoms with Crippen LogP contribution in [0, 0.1) is 12.7 Å². The van der Waals surface area contributed by atoms with Crippen molar-refractivity contribution in [3.63, 3.8) is 0 Å². The van der Waals surface area contributed by atoms with Gasteiger partial charge in [0.1, 0.15) is 5.82 Å². The molecule has 0 saturated heterocycles. The number of carboxylic acids is 1. The fourth-order valence-corrected chi connectivity index (χ4v) is 3.21. The molecule has 0 bridgehead atoms. The Morgan fingerprint density at radius 3 is 2.60 bits per heavy atom. The molecule has 0 fully saturated rings. The Morgan fingerprint density at radius 2 is 2.10 bits per heavy atom. The van der Waals surface area contributed by atoms with Gasteiger partial charge in [0.15, 0.2) is 0 Å². The Bertz CT molecular complexity index is 616. The van der Waals surface area contributed by atoms with Crippen LogP contribution in [0.25, 0.3) is 0 Å². The lowest BCUT2D eigenvalue weighted by atomic mass is 10.1. The van der Waals surface area contributed by atoms with Crippen LogP contribution < -0.4 is 4.72 Å². The SMILES string of the molecule is CSC(C)CNS(=O)(=O)c1cc(C(=O)O)cc(F)c1C. The Kier molecular flexibility index (Phi) is 5.55. The highest BCUT2D eigenvalue weighted by Crippen LogP contribution is 2.21. The molecule has 0 radical (unpaired) electrons. The van der Waals surface area contributed by atoms with Crippen LogP contribution in [0.15, 0.2) is 17.0 Å². The number of thioether (sulfide) groups is 1. The second-order valence-electron chi connectivity index (χ2n) is 4.28. The molecule has 0 aliphatic heterocycles. The van der Waals surface area contributed by atoms with E-state index in [4.69, 9.17) is 5.11 Å². The average Bonchev–Trinajstić information content (AvgIpc) is 2.38. The molecular weight excluding hydrogens is 305 g/mol. The van der Waals surface area contributed by atoms with Crippen LogP contribution in [0.5, 0.6) is 0 Å². The summed E-state index contributed by atoms with van der Waals surface area (Å²) in [6, 6.07) is 1.77. The van der Waals surface area contributed by atoms with Crippen molar-refractivity contribution in [2.75, 3.05) is 12.8 Å². The maximum atomic E-state index is 13.6. The normalized spacial score (nSPS) is 13.2. The molecule has 5 nitrogen and oxygen atoms in total. The van der Waals surface area contributed by atoms with Gasteiger partial charge in [-0.15, -0.1) is 0 Å². The molecule has 0 amide bonds. The number of nitrogens with one attached hydrogen (secondary N) is 1. The Labute approximate surface area is 121 Å². The van der Waals surface area contributed by atoms with Crippen LogP contribution in [0.3, 0.4) is 0 Å². The summed E-state index contributed by atoms with van der Waals surface area (Å²) in [5.41, 5.74) is -0.495. The summed E-state index contributed by atoms with van der Waals surface area (Å²) in [6.07, 6.45) is 1.84. The fourth-order valence-electron chi connectivity index (χ4n) is 1.44. The monoisotopic (exact) mass is 321 g/mol. The number of halogens is 1. The van der Waals surface area contributed by atoms with Crippen molar-refractivity contribution in [1.29, 1.82) is 0 Å². The van der Waals surface area contributed by atoms with Gasteiger partial charge in [0, 0.05) is 17.4 Å². The van der Waals surface area contributed by atoms with E-state index in [1.165, 1.54) is 18.7 Å². The van der Waals surface area contributed by atoms with Crippen molar-refractivity contribution in [1.82, 2.24) is 4.72 Å². The molecule has 8 heteroatoms. The quantitative estimate of drug-likeness (QED) is 0.835. The van der Waals surface area contributed by atoms with Crippen molar-refractivity contribution in [3.05, 3.63) is 29.1 Å². The lowest BCUT2D eigenvalue weighted by Gasteiger charge is -2.13. The lowest BCUT2D eigenvalue weighted by molar-refractivity contribution is 0.0696. The van der Waals surface area contributed by atoms with Crippen LogP contribution in [-0.4, -0.2) is 37.5 Å². The van der Waals surface area contributed by atoms with Crippen molar-refractivity contribution in [2.24, 2.45) is 0 Å². The largest absolute Gasteiger partial charge is 0.478 e. The van der Waals surface area contributed by atoms with Gasteiger partial charge in [-0.2, -0.15) is 11.8 Å². The summed E-state index contributed by atoms with van der Waals surface area (Å²) in [4.78, 5) is 10.5. The Balaban J connectivity index is 3.20. The molecule has 1 aromatic carbocycles. The molecule has 1 rings (SSSR count). The first-order chi connectivity index (χ1) is 9.19. The topological polar surface area (TPSA) is 83.5 Å².